The number of hydrogen-bond acceptors (Lipinski definition) is 5. The van der Waals surface area contributed by atoms with Gasteiger partial charge >= 0.3 is 0 Å². The molecule has 1 amide bonds. The summed E-state index contributed by atoms with van der Waals surface area (Å²) in [5.74, 6) is 9.95. The average molecular weight is 374 g/mol. The van der Waals surface area contributed by atoms with Crippen LogP contribution in [0.1, 0.15) is 38.2 Å². The lowest BCUT2D eigenvalue weighted by Crippen LogP contribution is -2.12. The topological polar surface area (TPSA) is 125 Å². The van der Waals surface area contributed by atoms with Crippen molar-refractivity contribution in [2.24, 2.45) is 27.6 Å². The molecule has 0 saturated heterocycles. The van der Waals surface area contributed by atoms with Crippen LogP contribution in [0.15, 0.2) is 71.1 Å². The van der Waals surface area contributed by atoms with Gasteiger partial charge in [0.1, 0.15) is 0 Å². The van der Waals surface area contributed by atoms with Crippen LogP contribution < -0.4 is 17.4 Å². The number of carbonyl (C=O) groups is 1. The molecular weight excluding hydrogens is 352 g/mol. The predicted octanol–water partition coefficient (Wildman–Crippen LogP) is 1.81. The number of amides is 1. The fourth-order valence-corrected chi connectivity index (χ4v) is 3.11. The second kappa shape index (κ2) is 8.68. The lowest BCUT2D eigenvalue weighted by Gasteiger charge is -2.04. The summed E-state index contributed by atoms with van der Waals surface area (Å²) in [7, 11) is 0. The van der Waals surface area contributed by atoms with Crippen molar-refractivity contribution in [3.63, 3.8) is 0 Å². The van der Waals surface area contributed by atoms with Crippen LogP contribution in [0.4, 0.5) is 0 Å². The summed E-state index contributed by atoms with van der Waals surface area (Å²) in [5, 5.41) is 7.07. The third-order valence-corrected chi connectivity index (χ3v) is 4.37. The highest BCUT2D eigenvalue weighted by atomic mass is 16.1. The number of carbonyl (C=O) groups excluding carboxylic acids is 1. The van der Waals surface area contributed by atoms with E-state index in [2.05, 4.69) is 10.2 Å². The third-order valence-electron chi connectivity index (χ3n) is 4.37. The molecule has 3 aromatic rings. The van der Waals surface area contributed by atoms with E-state index in [-0.39, 0.29) is 0 Å². The van der Waals surface area contributed by atoms with Gasteiger partial charge in [-0.05, 0) is 40.3 Å². The molecule has 0 unspecified atom stereocenters. The minimum absolute atomic E-state index is 0.440. The predicted molar refractivity (Wildman–Crippen MR) is 111 cm³/mol. The van der Waals surface area contributed by atoms with Gasteiger partial charge in [-0.15, -0.1) is 0 Å². The van der Waals surface area contributed by atoms with Crippen LogP contribution in [0.2, 0.25) is 0 Å². The molecule has 0 spiro atoms. The molecule has 1 aromatic heterocycles. The minimum atomic E-state index is -0.440. The summed E-state index contributed by atoms with van der Waals surface area (Å²) in [6.07, 6.45) is 7.53. The Kier molecular flexibility index (Phi) is 5.86. The van der Waals surface area contributed by atoms with Gasteiger partial charge in [-0.1, -0.05) is 42.5 Å². The second-order valence-electron chi connectivity index (χ2n) is 6.45. The Morgan fingerprint density at radius 3 is 2.32 bits per heavy atom. The van der Waals surface area contributed by atoms with Crippen molar-refractivity contribution >= 4 is 18.3 Å². The van der Waals surface area contributed by atoms with E-state index in [1.807, 2.05) is 59.3 Å². The van der Waals surface area contributed by atoms with Gasteiger partial charge in [0, 0.05) is 18.9 Å². The van der Waals surface area contributed by atoms with Crippen LogP contribution in [0.5, 0.6) is 0 Å². The molecule has 3 rings (SSSR count). The highest BCUT2D eigenvalue weighted by molar-refractivity contribution is 5.94. The molecular formula is C21H22N6O. The SMILES string of the molecule is NN=Cc1ccc(Cc2cn(Cc3cccc(C=NN)c3)cc2C(N)=O)cc1. The zero-order chi connectivity index (χ0) is 19.9. The number of benzene rings is 2. The Hall–Kier alpha value is -3.87. The van der Waals surface area contributed by atoms with Crippen LogP contribution in [0.25, 0.3) is 0 Å². The van der Waals surface area contributed by atoms with E-state index in [1.165, 1.54) is 0 Å². The zero-order valence-electron chi connectivity index (χ0n) is 15.3. The molecule has 142 valence electrons. The van der Waals surface area contributed by atoms with E-state index < -0.39 is 5.91 Å². The molecule has 0 atom stereocenters. The largest absolute Gasteiger partial charge is 0.366 e. The summed E-state index contributed by atoms with van der Waals surface area (Å²) >= 11 is 0. The molecule has 0 aliphatic heterocycles. The maximum atomic E-state index is 11.9. The first-order valence-electron chi connectivity index (χ1n) is 8.72. The minimum Gasteiger partial charge on any atom is -0.366 e. The van der Waals surface area contributed by atoms with Crippen molar-refractivity contribution < 1.29 is 4.79 Å². The number of nitrogens with zero attached hydrogens (tertiary/aromatic N) is 3. The third kappa shape index (κ3) is 4.64. The standard InChI is InChI=1S/C21H22N6O/c22-21(28)20-14-27(12-18-3-1-2-17(8-18)11-26-24)13-19(20)9-15-4-6-16(7-5-15)10-25-23/h1-8,10-11,13-14H,9,12,23-24H2,(H2,22,28). The van der Waals surface area contributed by atoms with Gasteiger partial charge in [-0.2, -0.15) is 10.2 Å². The first-order chi connectivity index (χ1) is 13.6. The molecule has 6 N–H and O–H groups in total. The van der Waals surface area contributed by atoms with Crippen LogP contribution in [-0.2, 0) is 13.0 Å². The zero-order valence-corrected chi connectivity index (χ0v) is 15.3. The maximum absolute atomic E-state index is 11.9. The molecule has 2 aromatic carbocycles. The average Bonchev–Trinajstić information content (AvgIpc) is 3.07. The molecule has 0 aliphatic rings. The summed E-state index contributed by atoms with van der Waals surface area (Å²) in [4.78, 5) is 11.9. The maximum Gasteiger partial charge on any atom is 0.250 e. The summed E-state index contributed by atoms with van der Waals surface area (Å²) < 4.78 is 1.96. The Bertz CT molecular complexity index is 1020. The number of nitrogens with two attached hydrogens (primary N) is 3. The van der Waals surface area contributed by atoms with Crippen LogP contribution >= 0.6 is 0 Å². The van der Waals surface area contributed by atoms with E-state index in [9.17, 15) is 4.79 Å². The summed E-state index contributed by atoms with van der Waals surface area (Å²) in [5.41, 5.74) is 11.0. The first kappa shape index (κ1) is 18.9. The van der Waals surface area contributed by atoms with E-state index in [1.54, 1.807) is 18.6 Å². The summed E-state index contributed by atoms with van der Waals surface area (Å²) in [6.45, 7) is 0.610. The lowest BCUT2D eigenvalue weighted by atomic mass is 10.0. The molecule has 0 aliphatic carbocycles. The molecule has 7 nitrogen and oxygen atoms in total. The van der Waals surface area contributed by atoms with Crippen molar-refractivity contribution in [3.8, 4) is 0 Å². The molecule has 28 heavy (non-hydrogen) atoms. The molecule has 7 heteroatoms. The normalized spacial score (nSPS) is 11.4. The Morgan fingerprint density at radius 1 is 0.929 bits per heavy atom. The molecule has 0 radical (unpaired) electrons. The van der Waals surface area contributed by atoms with Gasteiger partial charge < -0.3 is 22.0 Å². The van der Waals surface area contributed by atoms with Crippen LogP contribution in [-0.4, -0.2) is 22.9 Å². The van der Waals surface area contributed by atoms with Crippen molar-refractivity contribution in [2.45, 2.75) is 13.0 Å². The smallest absolute Gasteiger partial charge is 0.250 e. The van der Waals surface area contributed by atoms with Crippen LogP contribution in [0.3, 0.4) is 0 Å². The van der Waals surface area contributed by atoms with Gasteiger partial charge in [-0.3, -0.25) is 4.79 Å². The van der Waals surface area contributed by atoms with E-state index in [4.69, 9.17) is 17.4 Å². The number of rotatable bonds is 7. The monoisotopic (exact) mass is 374 g/mol. The fraction of sp³-hybridized carbons (Fsp3) is 0.0952. The molecule has 0 saturated carbocycles. The van der Waals surface area contributed by atoms with E-state index in [0.29, 0.717) is 18.5 Å². The highest BCUT2D eigenvalue weighted by Gasteiger charge is 2.13. The van der Waals surface area contributed by atoms with Gasteiger partial charge in [0.25, 0.3) is 5.91 Å². The van der Waals surface area contributed by atoms with Gasteiger partial charge in [0.15, 0.2) is 0 Å². The van der Waals surface area contributed by atoms with Crippen molar-refractivity contribution in [3.05, 3.63) is 94.3 Å². The quantitative estimate of drug-likeness (QED) is 0.332. The molecule has 0 bridgehead atoms. The van der Waals surface area contributed by atoms with Crippen molar-refractivity contribution in [1.82, 2.24) is 4.57 Å². The lowest BCUT2D eigenvalue weighted by molar-refractivity contribution is 0.0999. The fourth-order valence-electron chi connectivity index (χ4n) is 3.11. The molecule has 1 heterocycles. The van der Waals surface area contributed by atoms with E-state index in [0.717, 1.165) is 27.8 Å². The Morgan fingerprint density at radius 2 is 1.64 bits per heavy atom. The van der Waals surface area contributed by atoms with Gasteiger partial charge in [-0.25, -0.2) is 0 Å². The van der Waals surface area contributed by atoms with E-state index >= 15 is 0 Å². The number of primary amides is 1. The second-order valence-corrected chi connectivity index (χ2v) is 6.45. The van der Waals surface area contributed by atoms with Gasteiger partial charge in [0.2, 0.25) is 0 Å². The van der Waals surface area contributed by atoms with Crippen molar-refractivity contribution in [1.29, 1.82) is 0 Å². The summed E-state index contributed by atoms with van der Waals surface area (Å²) in [6, 6.07) is 15.7. The first-order valence-corrected chi connectivity index (χ1v) is 8.72. The van der Waals surface area contributed by atoms with Gasteiger partial charge in [0.05, 0.1) is 18.0 Å². The number of aromatic nitrogens is 1. The van der Waals surface area contributed by atoms with Crippen LogP contribution in [0, 0.1) is 0 Å². The molecule has 0 fully saturated rings. The number of hydrogen-bond donors (Lipinski definition) is 3. The van der Waals surface area contributed by atoms with Crippen molar-refractivity contribution in [2.75, 3.05) is 0 Å². The Labute approximate surface area is 163 Å². The Balaban J connectivity index is 1.83. The number of hydrazone groups is 2. The highest BCUT2D eigenvalue weighted by Crippen LogP contribution is 2.18.